The van der Waals surface area contributed by atoms with Gasteiger partial charge in [0.1, 0.15) is 0 Å². The summed E-state index contributed by atoms with van der Waals surface area (Å²) in [6, 6.07) is -0.421. The van der Waals surface area contributed by atoms with Crippen LogP contribution in [0.2, 0.25) is 0 Å². The van der Waals surface area contributed by atoms with Gasteiger partial charge < -0.3 is 10.2 Å². The minimum atomic E-state index is -0.891. The third kappa shape index (κ3) is 10.6. The summed E-state index contributed by atoms with van der Waals surface area (Å²) in [6.07, 6.45) is 7.11. The Kier molecular flexibility index (Phi) is 11.3. The number of thioether (sulfide) groups is 1. The van der Waals surface area contributed by atoms with Crippen molar-refractivity contribution in [2.45, 2.75) is 52.0 Å². The molecule has 0 aliphatic carbocycles. The summed E-state index contributed by atoms with van der Waals surface area (Å²) in [6.45, 7) is 6.95. The lowest BCUT2D eigenvalue weighted by Crippen LogP contribution is -2.56. The third-order valence-corrected chi connectivity index (χ3v) is 4.62. The van der Waals surface area contributed by atoms with Gasteiger partial charge in [0.15, 0.2) is 5.78 Å². The van der Waals surface area contributed by atoms with E-state index in [0.29, 0.717) is 6.54 Å². The highest BCUT2D eigenvalue weighted by Crippen LogP contribution is 2.06. The minimum Gasteiger partial charge on any atom is -0.325 e. The van der Waals surface area contributed by atoms with E-state index < -0.39 is 11.6 Å². The number of nitrogens with one attached hydrogen (secondary N) is 1. The van der Waals surface area contributed by atoms with E-state index in [-0.39, 0.29) is 5.78 Å². The van der Waals surface area contributed by atoms with Crippen molar-refractivity contribution < 1.29 is 9.59 Å². The molecule has 0 unspecified atom stereocenters. The van der Waals surface area contributed by atoms with E-state index in [2.05, 4.69) is 16.5 Å². The number of unbranched alkanes of at least 4 members (excludes halogenated alkanes) is 3. The summed E-state index contributed by atoms with van der Waals surface area (Å²) in [4.78, 5) is 25.6. The third-order valence-electron chi connectivity index (χ3n) is 3.92. The topological polar surface area (TPSA) is 78.7 Å². The summed E-state index contributed by atoms with van der Waals surface area (Å²) in [5.41, 5.74) is -0.891. The number of nitrogens with two attached hydrogens (primary N) is 1. The van der Waals surface area contributed by atoms with Crippen molar-refractivity contribution in [3.05, 3.63) is 0 Å². The van der Waals surface area contributed by atoms with Crippen LogP contribution < -0.4 is 11.2 Å². The molecule has 0 spiro atoms. The van der Waals surface area contributed by atoms with Crippen molar-refractivity contribution in [3.63, 3.8) is 0 Å². The summed E-state index contributed by atoms with van der Waals surface area (Å²) in [7, 11) is 2.03. The van der Waals surface area contributed by atoms with Crippen LogP contribution >= 0.6 is 11.8 Å². The van der Waals surface area contributed by atoms with Crippen LogP contribution in [0.15, 0.2) is 0 Å². The molecule has 0 saturated heterocycles. The van der Waals surface area contributed by atoms with Crippen LogP contribution in [-0.2, 0) is 4.79 Å². The molecular weight excluding hydrogens is 312 g/mol. The Bertz CT molecular complexity index is 364. The van der Waals surface area contributed by atoms with Crippen molar-refractivity contribution in [1.82, 2.24) is 15.2 Å². The van der Waals surface area contributed by atoms with Gasteiger partial charge in [-0.25, -0.2) is 10.6 Å². The summed E-state index contributed by atoms with van der Waals surface area (Å²) in [5.74, 6) is 6.90. The first-order valence-corrected chi connectivity index (χ1v) is 9.63. The zero-order valence-corrected chi connectivity index (χ0v) is 16.2. The number of carbonyl (C=O) groups is 2. The highest BCUT2D eigenvalue weighted by molar-refractivity contribution is 7.98. The molecule has 0 radical (unpaired) electrons. The first kappa shape index (κ1) is 22.2. The van der Waals surface area contributed by atoms with Gasteiger partial charge in [-0.05, 0) is 59.2 Å². The van der Waals surface area contributed by atoms with Crippen LogP contribution in [0.5, 0.6) is 0 Å². The van der Waals surface area contributed by atoms with Gasteiger partial charge in [-0.2, -0.15) is 11.8 Å². The Morgan fingerprint density at radius 1 is 1.09 bits per heavy atom. The Morgan fingerprint density at radius 3 is 2.26 bits per heavy atom. The van der Waals surface area contributed by atoms with E-state index in [1.54, 1.807) is 13.8 Å². The predicted octanol–water partition coefficient (Wildman–Crippen LogP) is 2.09. The van der Waals surface area contributed by atoms with E-state index >= 15 is 0 Å². The van der Waals surface area contributed by atoms with E-state index in [0.717, 1.165) is 18.1 Å². The molecule has 23 heavy (non-hydrogen) atoms. The molecule has 136 valence electrons. The molecule has 3 N–H and O–H groups in total. The van der Waals surface area contributed by atoms with Crippen LogP contribution in [0.3, 0.4) is 0 Å². The summed E-state index contributed by atoms with van der Waals surface area (Å²) < 4.78 is 0. The number of likely N-dealkylation sites (N-methyl/N-ethyl adjacent to an activating group) is 1. The highest BCUT2D eigenvalue weighted by Gasteiger charge is 2.27. The fourth-order valence-corrected chi connectivity index (χ4v) is 2.39. The number of amides is 2. The molecular formula is C16H34N4O2S. The number of nitrogens with zero attached hydrogens (tertiary/aromatic N) is 2. The van der Waals surface area contributed by atoms with Crippen molar-refractivity contribution in [3.8, 4) is 0 Å². The number of rotatable bonds is 12. The Morgan fingerprint density at radius 2 is 1.70 bits per heavy atom. The standard InChI is InChI=1S/C16H34N4O2S/c1-14(21)16(2,3)18-15(22)20(17)12-11-19(4)10-8-6-7-9-13-23-5/h6-13,17H2,1-5H3,(H,18,22). The normalized spacial score (nSPS) is 11.6. The highest BCUT2D eigenvalue weighted by atomic mass is 32.2. The monoisotopic (exact) mass is 346 g/mol. The van der Waals surface area contributed by atoms with Gasteiger partial charge >= 0.3 is 6.03 Å². The molecule has 0 aromatic rings. The maximum atomic E-state index is 12.0. The fraction of sp³-hybridized carbons (Fsp3) is 0.875. The molecule has 0 aromatic carbocycles. The first-order chi connectivity index (χ1) is 10.7. The number of hydrogen-bond acceptors (Lipinski definition) is 5. The number of ketones is 1. The quantitative estimate of drug-likeness (QED) is 0.245. The largest absolute Gasteiger partial charge is 0.332 e. The number of carbonyl (C=O) groups excluding carboxylic acids is 2. The van der Waals surface area contributed by atoms with Crippen LogP contribution in [0.4, 0.5) is 4.79 Å². The number of Topliss-reactive ketones (excluding diaryl/α,β-unsaturated/α-hetero) is 1. The van der Waals surface area contributed by atoms with E-state index in [4.69, 9.17) is 5.84 Å². The Balaban J connectivity index is 3.88. The SMILES string of the molecule is CSCCCCCCN(C)CCN(N)C(=O)NC(C)(C)C(C)=O. The molecule has 0 aromatic heterocycles. The molecule has 7 heteroatoms. The van der Waals surface area contributed by atoms with Crippen LogP contribution in [0, 0.1) is 0 Å². The zero-order chi connectivity index (χ0) is 17.9. The van der Waals surface area contributed by atoms with Crippen LogP contribution in [0.25, 0.3) is 0 Å². The lowest BCUT2D eigenvalue weighted by molar-refractivity contribution is -0.121. The van der Waals surface area contributed by atoms with Crippen LogP contribution in [-0.4, -0.2) is 66.0 Å². The van der Waals surface area contributed by atoms with Gasteiger partial charge in [-0.3, -0.25) is 9.80 Å². The van der Waals surface area contributed by atoms with Gasteiger partial charge in [0, 0.05) is 6.54 Å². The first-order valence-electron chi connectivity index (χ1n) is 8.23. The van der Waals surface area contributed by atoms with E-state index in [1.807, 2.05) is 18.8 Å². The van der Waals surface area contributed by atoms with Gasteiger partial charge in [-0.1, -0.05) is 12.8 Å². The Hall–Kier alpha value is -0.790. The average molecular weight is 347 g/mol. The van der Waals surface area contributed by atoms with Gasteiger partial charge in [-0.15, -0.1) is 0 Å². The summed E-state index contributed by atoms with van der Waals surface area (Å²) >= 11 is 1.90. The second-order valence-electron chi connectivity index (χ2n) is 6.52. The Labute approximate surface area is 145 Å². The van der Waals surface area contributed by atoms with Crippen molar-refractivity contribution in [1.29, 1.82) is 0 Å². The average Bonchev–Trinajstić information content (AvgIpc) is 2.47. The lowest BCUT2D eigenvalue weighted by Gasteiger charge is -2.27. The van der Waals surface area contributed by atoms with E-state index in [9.17, 15) is 9.59 Å². The molecule has 0 rings (SSSR count). The maximum Gasteiger partial charge on any atom is 0.332 e. The molecule has 2 amide bonds. The molecule has 6 nitrogen and oxygen atoms in total. The van der Waals surface area contributed by atoms with Crippen LogP contribution in [0.1, 0.15) is 46.5 Å². The lowest BCUT2D eigenvalue weighted by atomic mass is 10.0. The zero-order valence-electron chi connectivity index (χ0n) is 15.4. The molecule has 0 fully saturated rings. The molecule has 0 aliphatic rings. The summed E-state index contributed by atoms with van der Waals surface area (Å²) in [5, 5.41) is 3.78. The second kappa shape index (κ2) is 11.7. The minimum absolute atomic E-state index is 0.0992. The van der Waals surface area contributed by atoms with Gasteiger partial charge in [0.05, 0.1) is 12.1 Å². The smallest absolute Gasteiger partial charge is 0.325 e. The fourth-order valence-electron chi connectivity index (χ4n) is 1.90. The number of hydrazine groups is 1. The molecule has 0 bridgehead atoms. The van der Waals surface area contributed by atoms with E-state index in [1.165, 1.54) is 38.4 Å². The van der Waals surface area contributed by atoms with Crippen molar-refractivity contribution in [2.75, 3.05) is 38.7 Å². The second-order valence-corrected chi connectivity index (χ2v) is 7.50. The van der Waals surface area contributed by atoms with Gasteiger partial charge in [0.25, 0.3) is 0 Å². The van der Waals surface area contributed by atoms with Crippen molar-refractivity contribution >= 4 is 23.6 Å². The molecule has 0 aliphatic heterocycles. The predicted molar refractivity (Wildman–Crippen MR) is 98.5 cm³/mol. The molecule has 0 heterocycles. The van der Waals surface area contributed by atoms with Gasteiger partial charge in [0.2, 0.25) is 0 Å². The van der Waals surface area contributed by atoms with Crippen molar-refractivity contribution in [2.24, 2.45) is 5.84 Å². The molecule has 0 saturated carbocycles. The molecule has 0 atom stereocenters. The maximum absolute atomic E-state index is 12.0. The number of urea groups is 1. The number of hydrogen-bond donors (Lipinski definition) is 2.